The van der Waals surface area contributed by atoms with Crippen LogP contribution in [0.25, 0.3) is 0 Å². The molecule has 170 valence electrons. The van der Waals surface area contributed by atoms with Gasteiger partial charge in [0.15, 0.2) is 5.96 Å². The van der Waals surface area contributed by atoms with E-state index < -0.39 is 11.6 Å². The molecule has 31 heavy (non-hydrogen) atoms. The summed E-state index contributed by atoms with van der Waals surface area (Å²) in [4.78, 5) is 12.6. The van der Waals surface area contributed by atoms with Crippen LogP contribution in [-0.4, -0.2) is 69.4 Å². The maximum Gasteiger partial charge on any atom is 0.218 e. The Morgan fingerprint density at radius 1 is 1.16 bits per heavy atom. The molecule has 0 amide bonds. The molecule has 0 saturated carbocycles. The second kappa shape index (κ2) is 12.6. The highest BCUT2D eigenvalue weighted by Gasteiger charge is 2.22. The fourth-order valence-corrected chi connectivity index (χ4v) is 3.30. The first kappa shape index (κ1) is 25.1. The molecule has 0 unspecified atom stereocenters. The molecule has 0 spiro atoms. The molecule has 1 aliphatic rings. The molecule has 0 radical (unpaired) electrons. The van der Waals surface area contributed by atoms with E-state index in [0.29, 0.717) is 57.5 Å². The van der Waals surface area contributed by atoms with Crippen LogP contribution < -0.4 is 15.0 Å². The van der Waals surface area contributed by atoms with Gasteiger partial charge in [-0.15, -0.1) is 24.0 Å². The van der Waals surface area contributed by atoms with E-state index in [-0.39, 0.29) is 24.0 Å². The van der Waals surface area contributed by atoms with E-state index >= 15 is 0 Å². The predicted molar refractivity (Wildman–Crippen MR) is 127 cm³/mol. The van der Waals surface area contributed by atoms with Gasteiger partial charge < -0.3 is 24.6 Å². The van der Waals surface area contributed by atoms with Crippen LogP contribution in [0.15, 0.2) is 41.5 Å². The van der Waals surface area contributed by atoms with Crippen molar-refractivity contribution in [3.05, 3.63) is 53.7 Å². The molecule has 1 N–H and O–H groups in total. The standard InChI is InChI=1S/C21H27F2N5O2.HI/c1-24-21(26-15-16-4-3-7-25-20(16)30-13-12-29-2)28-10-8-27(9-11-28)19-14-17(22)5-6-18(19)23;/h3-7,14H,8-13,15H2,1-2H3,(H,24,26);1H. The Kier molecular flexibility index (Phi) is 10.2. The van der Waals surface area contributed by atoms with Crippen LogP contribution >= 0.6 is 24.0 Å². The molecule has 0 bridgehead atoms. The van der Waals surface area contributed by atoms with Gasteiger partial charge in [0.25, 0.3) is 0 Å². The van der Waals surface area contributed by atoms with E-state index in [1.807, 2.05) is 17.0 Å². The van der Waals surface area contributed by atoms with Crippen molar-refractivity contribution in [1.29, 1.82) is 0 Å². The smallest absolute Gasteiger partial charge is 0.218 e. The van der Waals surface area contributed by atoms with E-state index in [4.69, 9.17) is 9.47 Å². The highest BCUT2D eigenvalue weighted by molar-refractivity contribution is 14.0. The van der Waals surface area contributed by atoms with Crippen LogP contribution in [0, 0.1) is 11.6 Å². The summed E-state index contributed by atoms with van der Waals surface area (Å²) in [6.07, 6.45) is 1.69. The lowest BCUT2D eigenvalue weighted by Crippen LogP contribution is -2.52. The molecular weight excluding hydrogens is 519 g/mol. The first-order valence-electron chi connectivity index (χ1n) is 9.83. The predicted octanol–water partition coefficient (Wildman–Crippen LogP) is 2.90. The third-order valence-corrected chi connectivity index (χ3v) is 4.85. The quantitative estimate of drug-likeness (QED) is 0.249. The van der Waals surface area contributed by atoms with Crippen molar-refractivity contribution in [2.75, 3.05) is 58.5 Å². The minimum Gasteiger partial charge on any atom is -0.475 e. The third kappa shape index (κ3) is 6.89. The Morgan fingerprint density at radius 2 is 1.94 bits per heavy atom. The lowest BCUT2D eigenvalue weighted by molar-refractivity contribution is 0.143. The maximum atomic E-state index is 14.0. The summed E-state index contributed by atoms with van der Waals surface area (Å²) in [5, 5.41) is 3.33. The number of nitrogens with one attached hydrogen (secondary N) is 1. The molecule has 3 rings (SSSR count). The molecule has 1 aromatic heterocycles. The van der Waals surface area contributed by atoms with Crippen LogP contribution in [0.3, 0.4) is 0 Å². The SMILES string of the molecule is CN=C(NCc1cccnc1OCCOC)N1CCN(c2cc(F)ccc2F)CC1.I. The molecule has 2 aromatic rings. The molecule has 0 atom stereocenters. The second-order valence-electron chi connectivity index (χ2n) is 6.78. The normalized spacial score (nSPS) is 14.3. The summed E-state index contributed by atoms with van der Waals surface area (Å²) in [5.41, 5.74) is 1.21. The molecule has 10 heteroatoms. The topological polar surface area (TPSA) is 62.2 Å². The van der Waals surface area contributed by atoms with Crippen LogP contribution in [0.1, 0.15) is 5.56 Å². The summed E-state index contributed by atoms with van der Waals surface area (Å²) in [6, 6.07) is 7.34. The number of guanidine groups is 1. The molecule has 1 aliphatic heterocycles. The van der Waals surface area contributed by atoms with Crippen molar-refractivity contribution in [3.63, 3.8) is 0 Å². The Balaban J connectivity index is 0.00000341. The van der Waals surface area contributed by atoms with Gasteiger partial charge in [0.05, 0.1) is 12.3 Å². The molecule has 2 heterocycles. The first-order valence-corrected chi connectivity index (χ1v) is 9.83. The third-order valence-electron chi connectivity index (χ3n) is 4.85. The number of benzene rings is 1. The van der Waals surface area contributed by atoms with Gasteiger partial charge in [-0.3, -0.25) is 4.99 Å². The van der Waals surface area contributed by atoms with Crippen LogP contribution in [0.2, 0.25) is 0 Å². The second-order valence-corrected chi connectivity index (χ2v) is 6.78. The number of rotatable bonds is 7. The molecule has 0 aliphatic carbocycles. The number of halogens is 3. The summed E-state index contributed by atoms with van der Waals surface area (Å²) >= 11 is 0. The van der Waals surface area contributed by atoms with Crippen LogP contribution in [-0.2, 0) is 11.3 Å². The zero-order valence-electron chi connectivity index (χ0n) is 17.7. The van der Waals surface area contributed by atoms with E-state index in [2.05, 4.69) is 20.2 Å². The van der Waals surface area contributed by atoms with Gasteiger partial charge >= 0.3 is 0 Å². The molecule has 7 nitrogen and oxygen atoms in total. The van der Waals surface area contributed by atoms with Gasteiger partial charge in [0.1, 0.15) is 18.2 Å². The van der Waals surface area contributed by atoms with Crippen molar-refractivity contribution in [2.45, 2.75) is 6.54 Å². The summed E-state index contributed by atoms with van der Waals surface area (Å²) in [6.45, 7) is 3.83. The van der Waals surface area contributed by atoms with Crippen LogP contribution in [0.5, 0.6) is 5.88 Å². The molecule has 1 aromatic carbocycles. The summed E-state index contributed by atoms with van der Waals surface area (Å²) < 4.78 is 38.2. The Bertz CT molecular complexity index is 863. The van der Waals surface area contributed by atoms with Gasteiger partial charge in [-0.1, -0.05) is 6.07 Å². The molecule has 1 saturated heterocycles. The van der Waals surface area contributed by atoms with E-state index in [1.165, 1.54) is 6.07 Å². The van der Waals surface area contributed by atoms with E-state index in [0.717, 1.165) is 23.7 Å². The highest BCUT2D eigenvalue weighted by atomic mass is 127. The van der Waals surface area contributed by atoms with Gasteiger partial charge in [0.2, 0.25) is 5.88 Å². The average Bonchev–Trinajstić information content (AvgIpc) is 2.77. The molecular formula is C21H28F2IN5O2. The number of nitrogens with zero attached hydrogens (tertiary/aromatic N) is 4. The minimum atomic E-state index is -0.439. The van der Waals surface area contributed by atoms with Crippen molar-refractivity contribution in [2.24, 2.45) is 4.99 Å². The van der Waals surface area contributed by atoms with Crippen LogP contribution in [0.4, 0.5) is 14.5 Å². The Labute approximate surface area is 198 Å². The van der Waals surface area contributed by atoms with Gasteiger partial charge in [-0.2, -0.15) is 0 Å². The largest absolute Gasteiger partial charge is 0.475 e. The molecule has 1 fully saturated rings. The number of pyridine rings is 1. The van der Waals surface area contributed by atoms with Crippen molar-refractivity contribution >= 4 is 35.6 Å². The lowest BCUT2D eigenvalue weighted by atomic mass is 10.2. The minimum absolute atomic E-state index is 0. The number of methoxy groups -OCH3 is 1. The zero-order valence-corrected chi connectivity index (χ0v) is 20.0. The first-order chi connectivity index (χ1) is 14.6. The summed E-state index contributed by atoms with van der Waals surface area (Å²) in [5.74, 6) is 0.446. The summed E-state index contributed by atoms with van der Waals surface area (Å²) in [7, 11) is 3.34. The highest BCUT2D eigenvalue weighted by Crippen LogP contribution is 2.22. The number of aromatic nitrogens is 1. The zero-order chi connectivity index (χ0) is 21.3. The number of ether oxygens (including phenoxy) is 2. The lowest BCUT2D eigenvalue weighted by Gasteiger charge is -2.37. The number of hydrogen-bond donors (Lipinski definition) is 1. The van der Waals surface area contributed by atoms with Gasteiger partial charge in [0, 0.05) is 64.7 Å². The van der Waals surface area contributed by atoms with Crippen molar-refractivity contribution < 1.29 is 18.3 Å². The van der Waals surface area contributed by atoms with E-state index in [9.17, 15) is 8.78 Å². The average molecular weight is 547 g/mol. The van der Waals surface area contributed by atoms with Gasteiger partial charge in [-0.05, 0) is 18.2 Å². The fourth-order valence-electron chi connectivity index (χ4n) is 3.30. The van der Waals surface area contributed by atoms with Crippen molar-refractivity contribution in [1.82, 2.24) is 15.2 Å². The maximum absolute atomic E-state index is 14.0. The van der Waals surface area contributed by atoms with E-state index in [1.54, 1.807) is 20.4 Å². The number of hydrogen-bond acceptors (Lipinski definition) is 5. The van der Waals surface area contributed by atoms with Crippen molar-refractivity contribution in [3.8, 4) is 5.88 Å². The number of anilines is 1. The fraction of sp³-hybridized carbons (Fsp3) is 0.429. The Hall–Kier alpha value is -2.21. The van der Waals surface area contributed by atoms with Gasteiger partial charge in [-0.25, -0.2) is 13.8 Å². The number of piperazine rings is 1. The number of aliphatic imine (C=N–C) groups is 1. The monoisotopic (exact) mass is 547 g/mol. The Morgan fingerprint density at radius 3 is 2.65 bits per heavy atom.